The van der Waals surface area contributed by atoms with Gasteiger partial charge in [-0.05, 0) is 65.4 Å². The van der Waals surface area contributed by atoms with Gasteiger partial charge in [0.05, 0.1) is 40.4 Å². The highest BCUT2D eigenvalue weighted by molar-refractivity contribution is 6.01. The highest BCUT2D eigenvalue weighted by atomic mass is 16.5. The second-order valence-electron chi connectivity index (χ2n) is 9.39. The van der Waals surface area contributed by atoms with Crippen LogP contribution in [-0.4, -0.2) is 58.2 Å². The maximum Gasteiger partial charge on any atom is 0.254 e. The molecule has 3 aromatic rings. The Morgan fingerprint density at radius 2 is 1.55 bits per heavy atom. The number of carbonyl (C=O) groups is 2. The first-order valence-electron chi connectivity index (χ1n) is 12.6. The Kier molecular flexibility index (Phi) is 7.13. The van der Waals surface area contributed by atoms with Gasteiger partial charge in [-0.1, -0.05) is 24.3 Å². The van der Waals surface area contributed by atoms with Crippen molar-refractivity contribution >= 4 is 11.8 Å². The van der Waals surface area contributed by atoms with Crippen LogP contribution in [0.15, 0.2) is 54.6 Å². The molecule has 0 radical (unpaired) electrons. The van der Waals surface area contributed by atoms with E-state index in [-0.39, 0.29) is 11.8 Å². The molecular weight excluding hydrogens is 484 g/mol. The molecule has 0 fully saturated rings. The highest BCUT2D eigenvalue weighted by Gasteiger charge is 2.46. The number of amides is 2. The van der Waals surface area contributed by atoms with E-state index >= 15 is 0 Å². The molecule has 198 valence electrons. The molecule has 2 atom stereocenters. The third-order valence-electron chi connectivity index (χ3n) is 7.47. The maximum absolute atomic E-state index is 13.9. The van der Waals surface area contributed by atoms with Crippen molar-refractivity contribution in [2.24, 2.45) is 0 Å². The molecular formula is C30H32N2O6. The molecule has 0 aliphatic carbocycles. The molecule has 0 bridgehead atoms. The third kappa shape index (κ3) is 4.40. The summed E-state index contributed by atoms with van der Waals surface area (Å²) in [5.74, 6) is 1.78. The number of ether oxygens (including phenoxy) is 4. The number of carbonyl (C=O) groups excluding carboxylic acids is 2. The van der Waals surface area contributed by atoms with Crippen LogP contribution in [0, 0.1) is 0 Å². The van der Waals surface area contributed by atoms with Crippen molar-refractivity contribution in [1.29, 1.82) is 0 Å². The van der Waals surface area contributed by atoms with E-state index in [1.807, 2.05) is 59.5 Å². The average Bonchev–Trinajstić information content (AvgIpc) is 2.96. The Morgan fingerprint density at radius 1 is 0.868 bits per heavy atom. The van der Waals surface area contributed by atoms with Gasteiger partial charge in [-0.3, -0.25) is 9.59 Å². The molecule has 5 rings (SSSR count). The Labute approximate surface area is 222 Å². The largest absolute Gasteiger partial charge is 0.493 e. The van der Waals surface area contributed by atoms with Crippen molar-refractivity contribution in [2.45, 2.75) is 24.8 Å². The van der Waals surface area contributed by atoms with Crippen LogP contribution in [0.25, 0.3) is 0 Å². The van der Waals surface area contributed by atoms with Gasteiger partial charge in [-0.15, -0.1) is 0 Å². The minimum Gasteiger partial charge on any atom is -0.493 e. The van der Waals surface area contributed by atoms with Gasteiger partial charge in [0.15, 0.2) is 23.0 Å². The summed E-state index contributed by atoms with van der Waals surface area (Å²) in [5, 5.41) is 3.13. The molecule has 0 unspecified atom stereocenters. The van der Waals surface area contributed by atoms with Crippen LogP contribution in [0.3, 0.4) is 0 Å². The van der Waals surface area contributed by atoms with Gasteiger partial charge in [-0.25, -0.2) is 0 Å². The number of hydrogen-bond donors (Lipinski definition) is 1. The predicted molar refractivity (Wildman–Crippen MR) is 142 cm³/mol. The maximum atomic E-state index is 13.9. The molecule has 2 amide bonds. The summed E-state index contributed by atoms with van der Waals surface area (Å²) in [6.07, 6.45) is 1.29. The minimum atomic E-state index is -0.563. The smallest absolute Gasteiger partial charge is 0.254 e. The fourth-order valence-corrected chi connectivity index (χ4v) is 5.61. The van der Waals surface area contributed by atoms with E-state index in [0.29, 0.717) is 54.5 Å². The zero-order chi connectivity index (χ0) is 26.8. The lowest BCUT2D eigenvalue weighted by Gasteiger charge is -2.45. The van der Waals surface area contributed by atoms with Crippen LogP contribution < -0.4 is 24.3 Å². The molecule has 0 spiro atoms. The number of benzene rings is 3. The van der Waals surface area contributed by atoms with Gasteiger partial charge in [0.25, 0.3) is 5.91 Å². The molecule has 38 heavy (non-hydrogen) atoms. The lowest BCUT2D eigenvalue weighted by atomic mass is 9.75. The van der Waals surface area contributed by atoms with Crippen LogP contribution in [-0.2, 0) is 17.6 Å². The quantitative estimate of drug-likeness (QED) is 0.489. The molecule has 2 heterocycles. The van der Waals surface area contributed by atoms with Crippen molar-refractivity contribution in [3.8, 4) is 23.0 Å². The first-order chi connectivity index (χ1) is 18.5. The Balaban J connectivity index is 1.46. The normalized spacial score (nSPS) is 17.6. The zero-order valence-electron chi connectivity index (χ0n) is 22.1. The van der Waals surface area contributed by atoms with Gasteiger partial charge >= 0.3 is 0 Å². The van der Waals surface area contributed by atoms with E-state index in [1.165, 1.54) is 0 Å². The van der Waals surface area contributed by atoms with E-state index in [4.69, 9.17) is 18.9 Å². The van der Waals surface area contributed by atoms with Gasteiger partial charge < -0.3 is 29.2 Å². The summed E-state index contributed by atoms with van der Waals surface area (Å²) in [5.41, 5.74) is 4.30. The molecule has 8 heteroatoms. The topological polar surface area (TPSA) is 86.3 Å². The van der Waals surface area contributed by atoms with Crippen molar-refractivity contribution < 1.29 is 28.5 Å². The summed E-state index contributed by atoms with van der Waals surface area (Å²) in [7, 11) is 6.39. The fraction of sp³-hybridized carbons (Fsp3) is 0.333. The second-order valence-corrected chi connectivity index (χ2v) is 9.39. The Bertz CT molecular complexity index is 1370. The van der Waals surface area contributed by atoms with Gasteiger partial charge in [0, 0.05) is 18.7 Å². The Hall–Kier alpha value is -4.20. The zero-order valence-corrected chi connectivity index (χ0v) is 22.1. The lowest BCUT2D eigenvalue weighted by Crippen LogP contribution is -2.50. The number of fused-ring (bicyclic) bond motifs is 4. The monoisotopic (exact) mass is 516 g/mol. The fourth-order valence-electron chi connectivity index (χ4n) is 5.61. The van der Waals surface area contributed by atoms with E-state index in [2.05, 4.69) is 5.32 Å². The Morgan fingerprint density at radius 3 is 2.29 bits per heavy atom. The van der Waals surface area contributed by atoms with Crippen molar-refractivity contribution in [2.75, 3.05) is 41.5 Å². The van der Waals surface area contributed by atoms with Gasteiger partial charge in [0.2, 0.25) is 5.91 Å². The summed E-state index contributed by atoms with van der Waals surface area (Å²) in [4.78, 5) is 29.2. The van der Waals surface area contributed by atoms with E-state index in [1.54, 1.807) is 28.4 Å². The molecule has 1 N–H and O–H groups in total. The van der Waals surface area contributed by atoms with Crippen LogP contribution in [0.1, 0.15) is 44.6 Å². The molecule has 0 aromatic heterocycles. The van der Waals surface area contributed by atoms with Crippen LogP contribution >= 0.6 is 0 Å². The van der Waals surface area contributed by atoms with E-state index in [0.717, 1.165) is 22.3 Å². The van der Waals surface area contributed by atoms with Gasteiger partial charge in [-0.2, -0.15) is 0 Å². The van der Waals surface area contributed by atoms with Crippen LogP contribution in [0.5, 0.6) is 23.0 Å². The number of hydrogen-bond acceptors (Lipinski definition) is 6. The average molecular weight is 517 g/mol. The van der Waals surface area contributed by atoms with Crippen molar-refractivity contribution in [3.05, 3.63) is 82.4 Å². The molecule has 3 aromatic carbocycles. The summed E-state index contributed by atoms with van der Waals surface area (Å²) in [6.45, 7) is 0.960. The summed E-state index contributed by atoms with van der Waals surface area (Å²) in [6, 6.07) is 16.6. The number of nitrogens with one attached hydrogen (secondary N) is 1. The molecule has 8 nitrogen and oxygen atoms in total. The van der Waals surface area contributed by atoms with Crippen molar-refractivity contribution in [3.63, 3.8) is 0 Å². The van der Waals surface area contributed by atoms with Crippen LogP contribution in [0.4, 0.5) is 0 Å². The molecule has 2 aliphatic rings. The summed E-state index contributed by atoms with van der Waals surface area (Å²) >= 11 is 0. The standard InChI is InChI=1S/C30H32N2O6/c1-35-23-10-9-18(15-24(23)36-2)11-13-31-29(33)27-20-7-5-6-8-21(20)30(34)32-14-12-19-16-25(37-3)26(38-4)17-22(19)28(27)32/h5-10,15-17,27-28H,11-14H2,1-4H3,(H,31,33)/t27-,28+/m0/s1. The SMILES string of the molecule is COc1ccc(CCNC(=O)[C@H]2c3ccccc3C(=O)N3CCc4cc(OC)c(OC)cc4[C@H]23)cc1OC. The number of rotatable bonds is 8. The molecule has 0 saturated carbocycles. The van der Waals surface area contributed by atoms with Crippen molar-refractivity contribution in [1.82, 2.24) is 10.2 Å². The third-order valence-corrected chi connectivity index (χ3v) is 7.47. The first kappa shape index (κ1) is 25.4. The van der Waals surface area contributed by atoms with Crippen LogP contribution in [0.2, 0.25) is 0 Å². The number of nitrogens with zero attached hydrogens (tertiary/aromatic N) is 1. The first-order valence-corrected chi connectivity index (χ1v) is 12.6. The van der Waals surface area contributed by atoms with Gasteiger partial charge in [0.1, 0.15) is 0 Å². The second kappa shape index (κ2) is 10.7. The van der Waals surface area contributed by atoms with E-state index in [9.17, 15) is 9.59 Å². The summed E-state index contributed by atoms with van der Waals surface area (Å²) < 4.78 is 21.8. The molecule has 2 aliphatic heterocycles. The predicted octanol–water partition coefficient (Wildman–Crippen LogP) is 3.92. The minimum absolute atomic E-state index is 0.0552. The highest BCUT2D eigenvalue weighted by Crippen LogP contribution is 2.48. The lowest BCUT2D eigenvalue weighted by molar-refractivity contribution is -0.124. The van der Waals surface area contributed by atoms with E-state index < -0.39 is 12.0 Å². The number of methoxy groups -OCH3 is 4. The molecule has 0 saturated heterocycles.